The minimum Gasteiger partial charge on any atom is -0.494 e. The Morgan fingerprint density at radius 3 is 2.12 bits per heavy atom. The van der Waals surface area contributed by atoms with Crippen LogP contribution in [0.5, 0.6) is 5.75 Å². The van der Waals surface area contributed by atoms with Crippen LogP contribution < -0.4 is 14.4 Å². The molecule has 0 saturated carbocycles. The minimum atomic E-state index is -4.11. The number of carbonyl (C=O) groups is 1. The molecule has 0 aliphatic rings. The first kappa shape index (κ1) is 23.3. The third-order valence-electron chi connectivity index (χ3n) is 4.63. The zero-order valence-electron chi connectivity index (χ0n) is 18.1. The van der Waals surface area contributed by atoms with Crippen LogP contribution in [0.2, 0.25) is 0 Å². The summed E-state index contributed by atoms with van der Waals surface area (Å²) in [7, 11) is -4.11. The highest BCUT2D eigenvalue weighted by Crippen LogP contribution is 2.26. The molecule has 0 heterocycles. The SMILES string of the molecule is CCOc1ccc(S(=O)(=O)N(CC(=O)Nc2cc(C)cc(C)c2)c2ccc(F)cc2)cc1. The van der Waals surface area contributed by atoms with Gasteiger partial charge in [-0.2, -0.15) is 0 Å². The van der Waals surface area contributed by atoms with Crippen LogP contribution in [0.3, 0.4) is 0 Å². The molecular weight excluding hydrogens is 431 g/mol. The number of carbonyl (C=O) groups excluding carboxylic acids is 1. The summed E-state index contributed by atoms with van der Waals surface area (Å²) in [5.41, 5.74) is 2.69. The van der Waals surface area contributed by atoms with E-state index in [-0.39, 0.29) is 10.6 Å². The van der Waals surface area contributed by atoms with Crippen molar-refractivity contribution in [2.24, 2.45) is 0 Å². The smallest absolute Gasteiger partial charge is 0.264 e. The Bertz CT molecular complexity index is 1170. The second kappa shape index (κ2) is 9.82. The molecule has 3 aromatic rings. The maximum atomic E-state index is 13.5. The van der Waals surface area contributed by atoms with Gasteiger partial charge in [-0.1, -0.05) is 6.07 Å². The Labute approximate surface area is 187 Å². The molecule has 0 aromatic heterocycles. The number of benzene rings is 3. The van der Waals surface area contributed by atoms with Crippen LogP contribution >= 0.6 is 0 Å². The number of ether oxygens (including phenoxy) is 1. The number of anilines is 2. The Morgan fingerprint density at radius 2 is 1.56 bits per heavy atom. The molecule has 0 unspecified atom stereocenters. The summed E-state index contributed by atoms with van der Waals surface area (Å²) < 4.78 is 46.6. The molecule has 32 heavy (non-hydrogen) atoms. The molecular formula is C24H25FN2O4S. The number of hydrogen-bond acceptors (Lipinski definition) is 4. The molecule has 0 spiro atoms. The monoisotopic (exact) mass is 456 g/mol. The van der Waals surface area contributed by atoms with Crippen LogP contribution in [0.1, 0.15) is 18.1 Å². The normalized spacial score (nSPS) is 11.1. The Kier molecular flexibility index (Phi) is 7.15. The molecule has 0 saturated heterocycles. The number of rotatable bonds is 8. The second-order valence-corrected chi connectivity index (χ2v) is 9.18. The van der Waals surface area contributed by atoms with Gasteiger partial charge in [-0.3, -0.25) is 9.10 Å². The fourth-order valence-electron chi connectivity index (χ4n) is 3.30. The van der Waals surface area contributed by atoms with Crippen molar-refractivity contribution in [3.05, 3.63) is 83.7 Å². The predicted molar refractivity (Wildman–Crippen MR) is 123 cm³/mol. The number of nitrogens with zero attached hydrogens (tertiary/aromatic N) is 1. The first-order chi connectivity index (χ1) is 15.2. The fraction of sp³-hybridized carbons (Fsp3) is 0.208. The van der Waals surface area contributed by atoms with Gasteiger partial charge in [0.1, 0.15) is 18.1 Å². The first-order valence-corrected chi connectivity index (χ1v) is 11.5. The van der Waals surface area contributed by atoms with Gasteiger partial charge in [0.15, 0.2) is 0 Å². The Balaban J connectivity index is 1.92. The zero-order chi connectivity index (χ0) is 23.3. The Hall–Kier alpha value is -3.39. The quantitative estimate of drug-likeness (QED) is 0.534. The van der Waals surface area contributed by atoms with E-state index in [1.54, 1.807) is 24.3 Å². The van der Waals surface area contributed by atoms with E-state index in [9.17, 15) is 17.6 Å². The van der Waals surface area contributed by atoms with E-state index in [0.29, 0.717) is 18.0 Å². The van der Waals surface area contributed by atoms with E-state index in [0.717, 1.165) is 27.6 Å². The number of aryl methyl sites for hydroxylation is 2. The molecule has 168 valence electrons. The highest BCUT2D eigenvalue weighted by atomic mass is 32.2. The number of hydrogen-bond donors (Lipinski definition) is 1. The molecule has 0 bridgehead atoms. The number of nitrogens with one attached hydrogen (secondary N) is 1. The first-order valence-electron chi connectivity index (χ1n) is 10.1. The van der Waals surface area contributed by atoms with Crippen molar-refractivity contribution in [1.29, 1.82) is 0 Å². The molecule has 3 rings (SSSR count). The van der Waals surface area contributed by atoms with E-state index in [1.165, 1.54) is 24.3 Å². The van der Waals surface area contributed by atoms with Crippen LogP contribution in [0.25, 0.3) is 0 Å². The molecule has 0 fully saturated rings. The Morgan fingerprint density at radius 1 is 0.969 bits per heavy atom. The van der Waals surface area contributed by atoms with Gasteiger partial charge in [0.25, 0.3) is 10.0 Å². The second-order valence-electron chi connectivity index (χ2n) is 7.32. The summed E-state index contributed by atoms with van der Waals surface area (Å²) in [6.45, 7) is 5.61. The lowest BCUT2D eigenvalue weighted by Gasteiger charge is -2.24. The molecule has 6 nitrogen and oxygen atoms in total. The predicted octanol–water partition coefficient (Wildman–Crippen LogP) is 4.68. The zero-order valence-corrected chi connectivity index (χ0v) is 18.9. The highest BCUT2D eigenvalue weighted by Gasteiger charge is 2.27. The van der Waals surface area contributed by atoms with Gasteiger partial charge in [-0.05, 0) is 92.6 Å². The van der Waals surface area contributed by atoms with Gasteiger partial charge < -0.3 is 10.1 Å². The van der Waals surface area contributed by atoms with E-state index in [2.05, 4.69) is 5.32 Å². The minimum absolute atomic E-state index is 0.00974. The van der Waals surface area contributed by atoms with E-state index in [4.69, 9.17) is 4.74 Å². The van der Waals surface area contributed by atoms with Crippen molar-refractivity contribution < 1.29 is 22.3 Å². The maximum Gasteiger partial charge on any atom is 0.264 e. The fourth-order valence-corrected chi connectivity index (χ4v) is 4.72. The van der Waals surface area contributed by atoms with Crippen LogP contribution in [-0.4, -0.2) is 27.5 Å². The average molecular weight is 457 g/mol. The van der Waals surface area contributed by atoms with Crippen LogP contribution in [0.4, 0.5) is 15.8 Å². The summed E-state index contributed by atoms with van der Waals surface area (Å²) in [6.07, 6.45) is 0. The van der Waals surface area contributed by atoms with Crippen LogP contribution in [0.15, 0.2) is 71.6 Å². The molecule has 1 amide bonds. The largest absolute Gasteiger partial charge is 0.494 e. The molecule has 0 radical (unpaired) electrons. The lowest BCUT2D eigenvalue weighted by molar-refractivity contribution is -0.114. The molecule has 3 aromatic carbocycles. The lowest BCUT2D eigenvalue weighted by Crippen LogP contribution is -2.38. The standard InChI is InChI=1S/C24H25FN2O4S/c1-4-31-22-9-11-23(12-10-22)32(29,30)27(21-7-5-19(25)6-8-21)16-24(28)26-20-14-17(2)13-18(3)15-20/h5-15H,4,16H2,1-3H3,(H,26,28). The van der Waals surface area contributed by atoms with Gasteiger partial charge >= 0.3 is 0 Å². The van der Waals surface area contributed by atoms with E-state index < -0.39 is 28.3 Å². The molecule has 1 N–H and O–H groups in total. The number of halogens is 1. The van der Waals surface area contributed by atoms with Crippen molar-refractivity contribution in [1.82, 2.24) is 0 Å². The summed E-state index contributed by atoms with van der Waals surface area (Å²) in [5.74, 6) is -0.493. The number of sulfonamides is 1. The van der Waals surface area contributed by atoms with Gasteiger partial charge in [-0.15, -0.1) is 0 Å². The van der Waals surface area contributed by atoms with Gasteiger partial charge in [0.05, 0.1) is 17.2 Å². The average Bonchev–Trinajstić information content (AvgIpc) is 2.72. The maximum absolute atomic E-state index is 13.5. The molecule has 0 aliphatic heterocycles. The molecule has 0 aliphatic carbocycles. The van der Waals surface area contributed by atoms with Crippen LogP contribution in [0, 0.1) is 19.7 Å². The summed E-state index contributed by atoms with van der Waals surface area (Å²) in [6, 6.07) is 16.5. The molecule has 8 heteroatoms. The topological polar surface area (TPSA) is 75.7 Å². The number of amides is 1. The summed E-state index contributed by atoms with van der Waals surface area (Å²) in [4.78, 5) is 12.8. The summed E-state index contributed by atoms with van der Waals surface area (Å²) >= 11 is 0. The lowest BCUT2D eigenvalue weighted by atomic mass is 10.1. The van der Waals surface area contributed by atoms with Crippen molar-refractivity contribution >= 4 is 27.3 Å². The third kappa shape index (κ3) is 5.64. The van der Waals surface area contributed by atoms with Gasteiger partial charge in [0.2, 0.25) is 5.91 Å². The van der Waals surface area contributed by atoms with Gasteiger partial charge in [0, 0.05) is 5.69 Å². The summed E-state index contributed by atoms with van der Waals surface area (Å²) in [5, 5.41) is 2.75. The van der Waals surface area contributed by atoms with Crippen LogP contribution in [-0.2, 0) is 14.8 Å². The van der Waals surface area contributed by atoms with Crippen molar-refractivity contribution in [2.75, 3.05) is 22.8 Å². The van der Waals surface area contributed by atoms with Crippen molar-refractivity contribution in [3.63, 3.8) is 0 Å². The highest BCUT2D eigenvalue weighted by molar-refractivity contribution is 7.92. The van der Waals surface area contributed by atoms with Crippen molar-refractivity contribution in [3.8, 4) is 5.75 Å². The molecule has 0 atom stereocenters. The third-order valence-corrected chi connectivity index (χ3v) is 6.42. The van der Waals surface area contributed by atoms with E-state index >= 15 is 0 Å². The van der Waals surface area contributed by atoms with Gasteiger partial charge in [-0.25, -0.2) is 12.8 Å². The van der Waals surface area contributed by atoms with E-state index in [1.807, 2.05) is 26.8 Å². The van der Waals surface area contributed by atoms with Crippen molar-refractivity contribution in [2.45, 2.75) is 25.7 Å².